The van der Waals surface area contributed by atoms with Gasteiger partial charge in [-0.05, 0) is 35.6 Å². The van der Waals surface area contributed by atoms with Gasteiger partial charge in [-0.25, -0.2) is 0 Å². The molecule has 2 aliphatic heterocycles. The molecule has 0 saturated carbocycles. The van der Waals surface area contributed by atoms with E-state index in [1.54, 1.807) is 6.08 Å². The highest BCUT2D eigenvalue weighted by Crippen LogP contribution is 2.65. The monoisotopic (exact) mass is 503 g/mol. The highest BCUT2D eigenvalue weighted by atomic mass is 127. The number of benzene rings is 1. The summed E-state index contributed by atoms with van der Waals surface area (Å²) in [5.74, 6) is -0.530. The molecule has 1 aromatic rings. The molecule has 5 rings (SSSR count). The van der Waals surface area contributed by atoms with Gasteiger partial charge in [0.05, 0.1) is 7.11 Å². The van der Waals surface area contributed by atoms with Crippen LogP contribution in [0.15, 0.2) is 30.4 Å². The van der Waals surface area contributed by atoms with Crippen LogP contribution in [-0.4, -0.2) is 46.7 Å². The van der Waals surface area contributed by atoms with Gasteiger partial charge in [-0.15, -0.1) is 0 Å². The van der Waals surface area contributed by atoms with Crippen LogP contribution in [0.2, 0.25) is 0 Å². The van der Waals surface area contributed by atoms with Crippen LogP contribution in [0, 0.1) is 5.41 Å². The maximum atomic E-state index is 13.9. The summed E-state index contributed by atoms with van der Waals surface area (Å²) in [5, 5.41) is 0. The summed E-state index contributed by atoms with van der Waals surface area (Å²) in [7, 11) is 1.36. The van der Waals surface area contributed by atoms with Gasteiger partial charge in [0.2, 0.25) is 5.91 Å². The molecule has 0 spiro atoms. The first-order valence-electron chi connectivity index (χ1n) is 9.85. The molecule has 1 aromatic carbocycles. The highest BCUT2D eigenvalue weighted by molar-refractivity contribution is 14.1. The van der Waals surface area contributed by atoms with E-state index in [0.29, 0.717) is 23.0 Å². The zero-order chi connectivity index (χ0) is 20.7. The largest absolute Gasteiger partial charge is 0.468 e. The molecule has 2 fully saturated rings. The number of ether oxygens (including phenoxy) is 1. The van der Waals surface area contributed by atoms with E-state index in [1.807, 2.05) is 30.0 Å². The van der Waals surface area contributed by atoms with Crippen LogP contribution < -0.4 is 0 Å². The van der Waals surface area contributed by atoms with Crippen molar-refractivity contribution >= 4 is 46.3 Å². The van der Waals surface area contributed by atoms with Crippen molar-refractivity contribution in [1.82, 2.24) is 4.90 Å². The van der Waals surface area contributed by atoms with Gasteiger partial charge in [0.25, 0.3) is 0 Å². The summed E-state index contributed by atoms with van der Waals surface area (Å²) < 4.78 is 5.92. The van der Waals surface area contributed by atoms with Crippen molar-refractivity contribution in [2.75, 3.05) is 18.1 Å². The van der Waals surface area contributed by atoms with Crippen molar-refractivity contribution in [2.24, 2.45) is 5.41 Å². The van der Waals surface area contributed by atoms with Gasteiger partial charge in [-0.2, -0.15) is 0 Å². The first-order chi connectivity index (χ1) is 13.8. The Morgan fingerprint density at radius 1 is 1.34 bits per heavy atom. The molecule has 2 bridgehead atoms. The van der Waals surface area contributed by atoms with Crippen LogP contribution in [0.3, 0.4) is 0 Å². The molecule has 0 N–H and O–H groups in total. The average molecular weight is 503 g/mol. The standard InChI is InChI=1S/C23H22INO4/c1-12-11-25-18-10-16(12)15-5-4-13-14(6-7-17(13)26)19(15)22(18,2)23(8-9-24,20(25)27)21(28)29-3/h4-7,16,18H,1,8-11H2,2-3H3/t16?,18?,22-,23-/m1/s1. The number of fused-ring (bicyclic) bond motifs is 6. The highest BCUT2D eigenvalue weighted by Gasteiger charge is 2.74. The Kier molecular flexibility index (Phi) is 3.96. The van der Waals surface area contributed by atoms with Gasteiger partial charge in [0.15, 0.2) is 11.2 Å². The summed E-state index contributed by atoms with van der Waals surface area (Å²) in [5.41, 5.74) is 2.49. The van der Waals surface area contributed by atoms with Crippen LogP contribution in [0.1, 0.15) is 52.7 Å². The number of amides is 1. The summed E-state index contributed by atoms with van der Waals surface area (Å²) in [4.78, 5) is 41.5. The number of alkyl halides is 1. The third kappa shape index (κ3) is 1.99. The van der Waals surface area contributed by atoms with E-state index in [2.05, 4.69) is 29.2 Å². The molecule has 150 valence electrons. The molecule has 2 saturated heterocycles. The molecule has 6 heteroatoms. The van der Waals surface area contributed by atoms with Crippen LogP contribution in [0.25, 0.3) is 6.08 Å². The summed E-state index contributed by atoms with van der Waals surface area (Å²) >= 11 is 2.23. The number of hydrogen-bond acceptors (Lipinski definition) is 4. The van der Waals surface area contributed by atoms with E-state index < -0.39 is 16.8 Å². The van der Waals surface area contributed by atoms with Gasteiger partial charge in [-0.3, -0.25) is 14.4 Å². The first kappa shape index (κ1) is 19.0. The Balaban J connectivity index is 1.91. The molecular weight excluding hydrogens is 481 g/mol. The van der Waals surface area contributed by atoms with Crippen molar-refractivity contribution in [3.05, 3.63) is 52.6 Å². The number of ketones is 1. The molecule has 5 nitrogen and oxygen atoms in total. The van der Waals surface area contributed by atoms with E-state index in [9.17, 15) is 14.4 Å². The minimum Gasteiger partial charge on any atom is -0.468 e. The number of hydrogen-bond donors (Lipinski definition) is 0. The lowest BCUT2D eigenvalue weighted by atomic mass is 9.52. The fraction of sp³-hybridized carbons (Fsp3) is 0.435. The zero-order valence-corrected chi connectivity index (χ0v) is 18.6. The zero-order valence-electron chi connectivity index (χ0n) is 16.5. The maximum absolute atomic E-state index is 13.9. The Morgan fingerprint density at radius 2 is 2.10 bits per heavy atom. The third-order valence-corrected chi connectivity index (χ3v) is 8.26. The molecule has 4 aliphatic rings. The SMILES string of the molecule is C=C1CN2C(=O)[C@](CCI)(C(=O)OC)[C@@]3(C)c4c(ccc5c4C=CC5=O)C1CC23. The minimum absolute atomic E-state index is 0.0281. The molecule has 2 heterocycles. The van der Waals surface area contributed by atoms with Crippen LogP contribution >= 0.6 is 22.6 Å². The lowest BCUT2D eigenvalue weighted by Gasteiger charge is -2.51. The topological polar surface area (TPSA) is 63.7 Å². The lowest BCUT2D eigenvalue weighted by Crippen LogP contribution is -2.57. The predicted octanol–water partition coefficient (Wildman–Crippen LogP) is 3.41. The van der Waals surface area contributed by atoms with Crippen molar-refractivity contribution in [2.45, 2.75) is 37.1 Å². The molecule has 4 atom stereocenters. The second kappa shape index (κ2) is 6.03. The van der Waals surface area contributed by atoms with Crippen LogP contribution in [-0.2, 0) is 19.7 Å². The fourth-order valence-corrected chi connectivity index (χ4v) is 7.23. The normalized spacial score (nSPS) is 33.8. The number of esters is 1. The Bertz CT molecular complexity index is 1040. The van der Waals surface area contributed by atoms with Crippen molar-refractivity contribution in [3.8, 4) is 0 Å². The summed E-state index contributed by atoms with van der Waals surface area (Å²) in [6.45, 7) is 6.79. The van der Waals surface area contributed by atoms with Crippen LogP contribution in [0.4, 0.5) is 0 Å². The lowest BCUT2D eigenvalue weighted by molar-refractivity contribution is -0.162. The van der Waals surface area contributed by atoms with Crippen molar-refractivity contribution < 1.29 is 19.1 Å². The van der Waals surface area contributed by atoms with Gasteiger partial charge in [0, 0.05) is 33.9 Å². The van der Waals surface area contributed by atoms with Crippen LogP contribution in [0.5, 0.6) is 0 Å². The number of halogens is 1. The van der Waals surface area contributed by atoms with Gasteiger partial charge >= 0.3 is 5.97 Å². The number of nitrogens with zero attached hydrogens (tertiary/aromatic N) is 1. The number of piperidine rings is 1. The van der Waals surface area contributed by atoms with E-state index >= 15 is 0 Å². The Hall–Kier alpha value is -1.96. The molecule has 29 heavy (non-hydrogen) atoms. The predicted molar refractivity (Wildman–Crippen MR) is 117 cm³/mol. The molecule has 0 aromatic heterocycles. The number of carbonyl (C=O) groups is 3. The molecular formula is C23H22INO4. The molecule has 2 unspecified atom stereocenters. The van der Waals surface area contributed by atoms with Crippen molar-refractivity contribution in [1.29, 1.82) is 0 Å². The molecule has 2 aliphatic carbocycles. The molecule has 0 radical (unpaired) electrons. The van der Waals surface area contributed by atoms with Gasteiger partial charge < -0.3 is 9.64 Å². The maximum Gasteiger partial charge on any atom is 0.322 e. The Morgan fingerprint density at radius 3 is 2.79 bits per heavy atom. The summed E-state index contributed by atoms with van der Waals surface area (Å²) in [6.07, 6.45) is 4.59. The number of carbonyl (C=O) groups excluding carboxylic acids is 3. The van der Waals surface area contributed by atoms with E-state index in [4.69, 9.17) is 4.74 Å². The average Bonchev–Trinajstić information content (AvgIpc) is 3.18. The number of rotatable bonds is 3. The smallest absolute Gasteiger partial charge is 0.322 e. The number of methoxy groups -OCH3 is 1. The second-order valence-electron chi connectivity index (χ2n) is 8.62. The van der Waals surface area contributed by atoms with E-state index in [-0.39, 0.29) is 23.7 Å². The quantitative estimate of drug-likeness (QED) is 0.209. The second-order valence-corrected chi connectivity index (χ2v) is 9.70. The van der Waals surface area contributed by atoms with E-state index in [0.717, 1.165) is 28.7 Å². The Labute approximate surface area is 183 Å². The number of allylic oxidation sites excluding steroid dienone is 1. The van der Waals surface area contributed by atoms with Gasteiger partial charge in [0.1, 0.15) is 0 Å². The van der Waals surface area contributed by atoms with Crippen molar-refractivity contribution in [3.63, 3.8) is 0 Å². The fourth-order valence-electron chi connectivity index (χ4n) is 6.42. The minimum atomic E-state index is -1.30. The van der Waals surface area contributed by atoms with Gasteiger partial charge in [-0.1, -0.05) is 59.9 Å². The first-order valence-corrected chi connectivity index (χ1v) is 11.4. The van der Waals surface area contributed by atoms with E-state index in [1.165, 1.54) is 7.11 Å². The molecule has 1 amide bonds. The third-order valence-electron chi connectivity index (χ3n) is 7.72. The summed E-state index contributed by atoms with van der Waals surface area (Å²) in [6, 6.07) is 3.78.